The Hall–Kier alpha value is -0.910. The SMILES string of the molecule is CC(Cl)c1nc2cc(Br)cnc2n1C(C)c1ccsc1. The van der Waals surface area contributed by atoms with Crippen LogP contribution < -0.4 is 0 Å². The number of rotatable bonds is 3. The van der Waals surface area contributed by atoms with E-state index in [1.807, 2.05) is 13.0 Å². The van der Waals surface area contributed by atoms with Crippen molar-refractivity contribution in [3.05, 3.63) is 45.0 Å². The molecule has 0 bridgehead atoms. The van der Waals surface area contributed by atoms with E-state index in [1.54, 1.807) is 17.5 Å². The van der Waals surface area contributed by atoms with Crippen molar-refractivity contribution in [3.63, 3.8) is 0 Å². The molecular formula is C14H13BrClN3S. The third-order valence-corrected chi connectivity index (χ3v) is 4.62. The fraction of sp³-hybridized carbons (Fsp3) is 0.286. The number of thiophene rings is 1. The first-order valence-electron chi connectivity index (χ1n) is 6.27. The Balaban J connectivity index is 2.24. The largest absolute Gasteiger partial charge is 0.304 e. The average molecular weight is 371 g/mol. The molecule has 0 amide bonds. The molecule has 0 aromatic carbocycles. The van der Waals surface area contributed by atoms with Crippen LogP contribution in [0.1, 0.15) is 36.7 Å². The number of aromatic nitrogens is 3. The summed E-state index contributed by atoms with van der Waals surface area (Å²) < 4.78 is 3.05. The van der Waals surface area contributed by atoms with Crippen LogP contribution in [0.15, 0.2) is 33.6 Å². The molecule has 3 aromatic rings. The van der Waals surface area contributed by atoms with Crippen LogP contribution in [0.4, 0.5) is 0 Å². The Morgan fingerprint density at radius 1 is 1.40 bits per heavy atom. The quantitative estimate of drug-likeness (QED) is 0.596. The molecule has 0 saturated heterocycles. The molecule has 0 aliphatic heterocycles. The highest BCUT2D eigenvalue weighted by atomic mass is 79.9. The first-order valence-corrected chi connectivity index (χ1v) is 8.44. The molecule has 0 fully saturated rings. The molecule has 0 spiro atoms. The van der Waals surface area contributed by atoms with Crippen LogP contribution in [0.25, 0.3) is 11.2 Å². The van der Waals surface area contributed by atoms with Gasteiger partial charge < -0.3 is 4.57 Å². The second-order valence-electron chi connectivity index (χ2n) is 4.68. The van der Waals surface area contributed by atoms with Crippen LogP contribution in [0.2, 0.25) is 0 Å². The number of pyridine rings is 1. The Kier molecular flexibility index (Phi) is 3.84. The summed E-state index contributed by atoms with van der Waals surface area (Å²) in [5, 5.41) is 4.07. The van der Waals surface area contributed by atoms with Gasteiger partial charge in [0.1, 0.15) is 11.3 Å². The zero-order valence-electron chi connectivity index (χ0n) is 11.0. The maximum Gasteiger partial charge on any atom is 0.160 e. The van der Waals surface area contributed by atoms with Crippen LogP contribution in [-0.2, 0) is 0 Å². The highest BCUT2D eigenvalue weighted by Crippen LogP contribution is 2.31. The molecule has 3 nitrogen and oxygen atoms in total. The summed E-state index contributed by atoms with van der Waals surface area (Å²) in [6.45, 7) is 4.09. The summed E-state index contributed by atoms with van der Waals surface area (Å²) in [6, 6.07) is 4.26. The minimum absolute atomic E-state index is 0.163. The van der Waals surface area contributed by atoms with E-state index >= 15 is 0 Å². The van der Waals surface area contributed by atoms with E-state index in [0.717, 1.165) is 21.5 Å². The lowest BCUT2D eigenvalue weighted by molar-refractivity contribution is 0.615. The molecule has 104 valence electrons. The second kappa shape index (κ2) is 5.47. The molecule has 3 rings (SSSR count). The summed E-state index contributed by atoms with van der Waals surface area (Å²) in [7, 11) is 0. The van der Waals surface area contributed by atoms with Crippen LogP contribution >= 0.6 is 38.9 Å². The number of halogens is 2. The van der Waals surface area contributed by atoms with E-state index in [1.165, 1.54) is 5.56 Å². The Morgan fingerprint density at radius 3 is 2.85 bits per heavy atom. The van der Waals surface area contributed by atoms with Gasteiger partial charge in [0.25, 0.3) is 0 Å². The summed E-state index contributed by atoms with van der Waals surface area (Å²) in [5.74, 6) is 0.853. The molecule has 0 aliphatic carbocycles. The van der Waals surface area contributed by atoms with Crippen molar-refractivity contribution in [3.8, 4) is 0 Å². The molecule has 2 atom stereocenters. The molecule has 6 heteroatoms. The molecule has 0 radical (unpaired) electrons. The van der Waals surface area contributed by atoms with Crippen molar-refractivity contribution in [2.24, 2.45) is 0 Å². The Labute approximate surface area is 134 Å². The van der Waals surface area contributed by atoms with Gasteiger partial charge in [-0.25, -0.2) is 9.97 Å². The van der Waals surface area contributed by atoms with Gasteiger partial charge >= 0.3 is 0 Å². The Morgan fingerprint density at radius 2 is 2.20 bits per heavy atom. The third-order valence-electron chi connectivity index (χ3n) is 3.29. The summed E-state index contributed by atoms with van der Waals surface area (Å²) in [4.78, 5) is 9.16. The van der Waals surface area contributed by atoms with Gasteiger partial charge in [-0.05, 0) is 58.2 Å². The van der Waals surface area contributed by atoms with Crippen LogP contribution in [-0.4, -0.2) is 14.5 Å². The summed E-state index contributed by atoms with van der Waals surface area (Å²) in [5.41, 5.74) is 2.98. The fourth-order valence-electron chi connectivity index (χ4n) is 2.30. The smallest absolute Gasteiger partial charge is 0.160 e. The van der Waals surface area contributed by atoms with Gasteiger partial charge in [-0.2, -0.15) is 11.3 Å². The summed E-state index contributed by atoms with van der Waals surface area (Å²) >= 11 is 11.4. The maximum atomic E-state index is 6.30. The standard InChI is InChI=1S/C14H13BrClN3S/c1-8(16)13-18-12-5-11(15)6-17-14(12)19(13)9(2)10-3-4-20-7-10/h3-9H,1-2H3. The van der Waals surface area contributed by atoms with Crippen LogP contribution in [0, 0.1) is 0 Å². The van der Waals surface area contributed by atoms with E-state index < -0.39 is 0 Å². The number of imidazole rings is 1. The molecule has 0 N–H and O–H groups in total. The first-order chi connectivity index (χ1) is 9.58. The van der Waals surface area contributed by atoms with Gasteiger partial charge in [-0.3, -0.25) is 0 Å². The number of nitrogens with zero attached hydrogens (tertiary/aromatic N) is 3. The lowest BCUT2D eigenvalue weighted by Crippen LogP contribution is -2.11. The van der Waals surface area contributed by atoms with Gasteiger partial charge in [0.2, 0.25) is 0 Å². The molecule has 0 aliphatic rings. The van der Waals surface area contributed by atoms with Crippen molar-refractivity contribution in [2.75, 3.05) is 0 Å². The lowest BCUT2D eigenvalue weighted by Gasteiger charge is -2.17. The zero-order valence-corrected chi connectivity index (χ0v) is 14.2. The van der Waals surface area contributed by atoms with Gasteiger partial charge in [-0.1, -0.05) is 0 Å². The molecule has 2 unspecified atom stereocenters. The normalized spacial score (nSPS) is 14.6. The molecule has 3 aromatic heterocycles. The monoisotopic (exact) mass is 369 g/mol. The molecular weight excluding hydrogens is 358 g/mol. The van der Waals surface area contributed by atoms with E-state index in [2.05, 4.69) is 54.2 Å². The minimum Gasteiger partial charge on any atom is -0.304 e. The van der Waals surface area contributed by atoms with Gasteiger partial charge in [0, 0.05) is 10.7 Å². The zero-order chi connectivity index (χ0) is 14.3. The van der Waals surface area contributed by atoms with Crippen molar-refractivity contribution >= 4 is 50.0 Å². The highest BCUT2D eigenvalue weighted by Gasteiger charge is 2.21. The second-order valence-corrected chi connectivity index (χ2v) is 7.04. The van der Waals surface area contributed by atoms with Crippen LogP contribution in [0.5, 0.6) is 0 Å². The Bertz CT molecular complexity index is 736. The van der Waals surface area contributed by atoms with Crippen LogP contribution in [0.3, 0.4) is 0 Å². The number of alkyl halides is 1. The van der Waals surface area contributed by atoms with E-state index in [9.17, 15) is 0 Å². The number of hydrogen-bond acceptors (Lipinski definition) is 3. The van der Waals surface area contributed by atoms with Gasteiger partial charge in [-0.15, -0.1) is 11.6 Å². The third kappa shape index (κ3) is 2.38. The van der Waals surface area contributed by atoms with Gasteiger partial charge in [0.15, 0.2) is 5.65 Å². The molecule has 20 heavy (non-hydrogen) atoms. The van der Waals surface area contributed by atoms with Crippen molar-refractivity contribution in [2.45, 2.75) is 25.3 Å². The predicted octanol–water partition coefficient (Wildman–Crippen LogP) is 5.16. The van der Waals surface area contributed by atoms with Crippen molar-refractivity contribution in [1.29, 1.82) is 0 Å². The fourth-order valence-corrected chi connectivity index (χ4v) is 3.52. The molecule has 0 saturated carbocycles. The van der Waals surface area contributed by atoms with Crippen molar-refractivity contribution < 1.29 is 0 Å². The first kappa shape index (κ1) is 14.0. The predicted molar refractivity (Wildman–Crippen MR) is 87.6 cm³/mol. The average Bonchev–Trinajstić information content (AvgIpc) is 3.04. The molecule has 3 heterocycles. The van der Waals surface area contributed by atoms with E-state index in [0.29, 0.717) is 0 Å². The highest BCUT2D eigenvalue weighted by molar-refractivity contribution is 9.10. The van der Waals surface area contributed by atoms with Gasteiger partial charge in [0.05, 0.1) is 11.4 Å². The van der Waals surface area contributed by atoms with Crippen molar-refractivity contribution in [1.82, 2.24) is 14.5 Å². The minimum atomic E-state index is -0.163. The van der Waals surface area contributed by atoms with E-state index in [-0.39, 0.29) is 11.4 Å². The number of hydrogen-bond donors (Lipinski definition) is 0. The lowest BCUT2D eigenvalue weighted by atomic mass is 10.2. The number of fused-ring (bicyclic) bond motifs is 1. The van der Waals surface area contributed by atoms with E-state index in [4.69, 9.17) is 11.6 Å². The topological polar surface area (TPSA) is 30.7 Å². The maximum absolute atomic E-state index is 6.30. The summed E-state index contributed by atoms with van der Waals surface area (Å²) in [6.07, 6.45) is 1.80.